The highest BCUT2D eigenvalue weighted by Gasteiger charge is 2.10. The molecular weight excluding hydrogens is 300 g/mol. The molecule has 6 heteroatoms. The molecule has 0 saturated heterocycles. The second kappa shape index (κ2) is 8.56. The van der Waals surface area contributed by atoms with E-state index in [1.807, 2.05) is 11.8 Å². The Bertz CT molecular complexity index is 552. The SMILES string of the molecule is CCCNc1nc(SCCN(CC)CC)c2ccsc2n1. The summed E-state index contributed by atoms with van der Waals surface area (Å²) in [5, 5.41) is 7.68. The van der Waals surface area contributed by atoms with Crippen LogP contribution in [-0.4, -0.2) is 46.8 Å². The maximum absolute atomic E-state index is 4.69. The van der Waals surface area contributed by atoms with Crippen LogP contribution in [0.5, 0.6) is 0 Å². The minimum Gasteiger partial charge on any atom is -0.354 e. The van der Waals surface area contributed by atoms with Crippen LogP contribution in [0.2, 0.25) is 0 Å². The van der Waals surface area contributed by atoms with Crippen molar-refractivity contribution >= 4 is 39.3 Å². The predicted octanol–water partition coefficient (Wildman–Crippen LogP) is 3.95. The number of thiophene rings is 1. The van der Waals surface area contributed by atoms with Gasteiger partial charge >= 0.3 is 0 Å². The summed E-state index contributed by atoms with van der Waals surface area (Å²) in [7, 11) is 0. The molecule has 0 amide bonds. The number of thioether (sulfide) groups is 1. The predicted molar refractivity (Wildman–Crippen MR) is 94.7 cm³/mol. The third kappa shape index (κ3) is 4.56. The lowest BCUT2D eigenvalue weighted by Gasteiger charge is -2.17. The Morgan fingerprint density at radius 3 is 2.76 bits per heavy atom. The fraction of sp³-hybridized carbons (Fsp3) is 0.600. The molecule has 116 valence electrons. The molecule has 0 aliphatic heterocycles. The minimum atomic E-state index is 0.761. The normalized spacial score (nSPS) is 11.4. The van der Waals surface area contributed by atoms with E-state index < -0.39 is 0 Å². The van der Waals surface area contributed by atoms with E-state index >= 15 is 0 Å². The smallest absolute Gasteiger partial charge is 0.225 e. The first-order valence-electron chi connectivity index (χ1n) is 7.62. The van der Waals surface area contributed by atoms with Gasteiger partial charge in [0.15, 0.2) is 0 Å². The number of anilines is 1. The Balaban J connectivity index is 2.07. The van der Waals surface area contributed by atoms with Gasteiger partial charge in [0.25, 0.3) is 0 Å². The van der Waals surface area contributed by atoms with Crippen LogP contribution in [-0.2, 0) is 0 Å². The molecule has 0 unspecified atom stereocenters. The average molecular weight is 325 g/mol. The van der Waals surface area contributed by atoms with Crippen molar-refractivity contribution in [3.63, 3.8) is 0 Å². The topological polar surface area (TPSA) is 41.1 Å². The molecule has 0 aliphatic carbocycles. The number of hydrogen-bond acceptors (Lipinski definition) is 6. The third-order valence-corrected chi connectivity index (χ3v) is 5.14. The summed E-state index contributed by atoms with van der Waals surface area (Å²) in [6, 6.07) is 2.13. The summed E-state index contributed by atoms with van der Waals surface area (Å²) in [5.74, 6) is 1.83. The zero-order chi connectivity index (χ0) is 15.1. The summed E-state index contributed by atoms with van der Waals surface area (Å²) in [6.45, 7) is 10.8. The van der Waals surface area contributed by atoms with E-state index in [-0.39, 0.29) is 0 Å². The second-order valence-corrected chi connectivity index (χ2v) is 6.77. The maximum Gasteiger partial charge on any atom is 0.225 e. The molecule has 0 bridgehead atoms. The Kier molecular flexibility index (Phi) is 6.73. The average Bonchev–Trinajstić information content (AvgIpc) is 2.98. The van der Waals surface area contributed by atoms with Crippen LogP contribution in [0.4, 0.5) is 5.95 Å². The summed E-state index contributed by atoms with van der Waals surface area (Å²) in [4.78, 5) is 12.8. The molecule has 2 aromatic rings. The van der Waals surface area contributed by atoms with Crippen LogP contribution < -0.4 is 5.32 Å². The lowest BCUT2D eigenvalue weighted by molar-refractivity contribution is 0.324. The molecule has 0 spiro atoms. The molecule has 1 N–H and O–H groups in total. The van der Waals surface area contributed by atoms with Crippen molar-refractivity contribution in [2.45, 2.75) is 32.2 Å². The van der Waals surface area contributed by atoms with Gasteiger partial charge < -0.3 is 10.2 Å². The fourth-order valence-corrected chi connectivity index (χ4v) is 3.91. The van der Waals surface area contributed by atoms with E-state index in [1.165, 1.54) is 5.39 Å². The van der Waals surface area contributed by atoms with E-state index in [1.54, 1.807) is 11.3 Å². The molecule has 0 aliphatic rings. The summed E-state index contributed by atoms with van der Waals surface area (Å²) in [6.07, 6.45) is 1.08. The summed E-state index contributed by atoms with van der Waals surface area (Å²) in [5.41, 5.74) is 0. The van der Waals surface area contributed by atoms with Gasteiger partial charge in [-0.25, -0.2) is 9.97 Å². The number of aromatic nitrogens is 2. The molecule has 0 saturated carbocycles. The number of hydrogen-bond donors (Lipinski definition) is 1. The monoisotopic (exact) mass is 324 g/mol. The first-order chi connectivity index (χ1) is 10.3. The van der Waals surface area contributed by atoms with Crippen LogP contribution in [0.3, 0.4) is 0 Å². The first-order valence-corrected chi connectivity index (χ1v) is 9.49. The van der Waals surface area contributed by atoms with Crippen molar-refractivity contribution in [2.24, 2.45) is 0 Å². The third-order valence-electron chi connectivity index (χ3n) is 3.36. The molecular formula is C15H24N4S2. The van der Waals surface area contributed by atoms with Crippen LogP contribution in [0, 0.1) is 0 Å². The van der Waals surface area contributed by atoms with Gasteiger partial charge in [0.1, 0.15) is 9.86 Å². The van der Waals surface area contributed by atoms with Crippen molar-refractivity contribution in [2.75, 3.05) is 37.2 Å². The van der Waals surface area contributed by atoms with Crippen molar-refractivity contribution in [3.05, 3.63) is 11.4 Å². The van der Waals surface area contributed by atoms with Crippen LogP contribution >= 0.6 is 23.1 Å². The zero-order valence-electron chi connectivity index (χ0n) is 13.1. The number of fused-ring (bicyclic) bond motifs is 1. The van der Waals surface area contributed by atoms with Crippen LogP contribution in [0.1, 0.15) is 27.2 Å². The van der Waals surface area contributed by atoms with E-state index in [9.17, 15) is 0 Å². The Morgan fingerprint density at radius 2 is 2.05 bits per heavy atom. The Hall–Kier alpha value is -0.850. The van der Waals surface area contributed by atoms with E-state index in [0.29, 0.717) is 0 Å². The number of nitrogens with zero attached hydrogens (tertiary/aromatic N) is 3. The van der Waals surface area contributed by atoms with Gasteiger partial charge in [-0.2, -0.15) is 0 Å². The molecule has 2 heterocycles. The van der Waals surface area contributed by atoms with Gasteiger partial charge in [-0.15, -0.1) is 23.1 Å². The molecule has 2 rings (SSSR count). The van der Waals surface area contributed by atoms with Crippen molar-refractivity contribution in [1.29, 1.82) is 0 Å². The largest absolute Gasteiger partial charge is 0.354 e. The molecule has 21 heavy (non-hydrogen) atoms. The molecule has 2 aromatic heterocycles. The van der Waals surface area contributed by atoms with Gasteiger partial charge in [-0.1, -0.05) is 20.8 Å². The van der Waals surface area contributed by atoms with Gasteiger partial charge in [-0.05, 0) is 31.0 Å². The highest BCUT2D eigenvalue weighted by molar-refractivity contribution is 7.99. The second-order valence-electron chi connectivity index (χ2n) is 4.79. The molecule has 4 nitrogen and oxygen atoms in total. The van der Waals surface area contributed by atoms with E-state index in [0.717, 1.165) is 54.2 Å². The van der Waals surface area contributed by atoms with Gasteiger partial charge in [-0.3, -0.25) is 0 Å². The quantitative estimate of drug-likeness (QED) is 0.559. The molecule has 0 radical (unpaired) electrons. The molecule has 0 fully saturated rings. The maximum atomic E-state index is 4.69. The van der Waals surface area contributed by atoms with E-state index in [2.05, 4.69) is 52.4 Å². The van der Waals surface area contributed by atoms with Crippen LogP contribution in [0.15, 0.2) is 16.5 Å². The van der Waals surface area contributed by atoms with Crippen LogP contribution in [0.25, 0.3) is 10.2 Å². The number of rotatable bonds is 9. The fourth-order valence-electron chi connectivity index (χ4n) is 2.07. The Labute approximate surface area is 135 Å². The van der Waals surface area contributed by atoms with Gasteiger partial charge in [0.2, 0.25) is 5.95 Å². The lowest BCUT2D eigenvalue weighted by Crippen LogP contribution is -2.25. The van der Waals surface area contributed by atoms with Gasteiger partial charge in [0, 0.05) is 24.2 Å². The summed E-state index contributed by atoms with van der Waals surface area (Å²) < 4.78 is 0. The first kappa shape index (κ1) is 16.5. The standard InChI is InChI=1S/C15H24N4S2/c1-4-8-16-15-17-13-12(7-10-20-13)14(18-15)21-11-9-19(5-2)6-3/h7,10H,4-6,8-9,11H2,1-3H3,(H,16,17,18). The van der Waals surface area contributed by atoms with Crippen molar-refractivity contribution < 1.29 is 0 Å². The molecule has 0 atom stereocenters. The lowest BCUT2D eigenvalue weighted by atomic mass is 10.4. The highest BCUT2D eigenvalue weighted by Crippen LogP contribution is 2.29. The Morgan fingerprint density at radius 1 is 1.24 bits per heavy atom. The summed E-state index contributed by atoms with van der Waals surface area (Å²) >= 11 is 3.52. The van der Waals surface area contributed by atoms with Gasteiger partial charge in [0.05, 0.1) is 0 Å². The van der Waals surface area contributed by atoms with Crippen molar-refractivity contribution in [1.82, 2.24) is 14.9 Å². The van der Waals surface area contributed by atoms with Crippen molar-refractivity contribution in [3.8, 4) is 0 Å². The molecule has 0 aromatic carbocycles. The zero-order valence-corrected chi connectivity index (χ0v) is 14.7. The minimum absolute atomic E-state index is 0.761. The van der Waals surface area contributed by atoms with E-state index in [4.69, 9.17) is 0 Å². The highest BCUT2D eigenvalue weighted by atomic mass is 32.2. The number of nitrogens with one attached hydrogen (secondary N) is 1.